The highest BCUT2D eigenvalue weighted by Gasteiger charge is 2.49. The summed E-state index contributed by atoms with van der Waals surface area (Å²) < 4.78 is 12.9. The quantitative estimate of drug-likeness (QED) is 0.606. The van der Waals surface area contributed by atoms with Crippen LogP contribution in [0.4, 0.5) is 0 Å². The van der Waals surface area contributed by atoms with Crippen LogP contribution >= 0.6 is 0 Å². The van der Waals surface area contributed by atoms with E-state index in [0.717, 1.165) is 42.3 Å². The zero-order valence-electron chi connectivity index (χ0n) is 19.8. The Morgan fingerprint density at radius 3 is 2.62 bits per heavy atom. The number of hydrogen-bond acceptors (Lipinski definition) is 5. The van der Waals surface area contributed by atoms with Gasteiger partial charge in [-0.2, -0.15) is 0 Å². The summed E-state index contributed by atoms with van der Waals surface area (Å²) in [5.74, 6) is 1.05. The van der Waals surface area contributed by atoms with Gasteiger partial charge in [0.25, 0.3) is 5.91 Å². The van der Waals surface area contributed by atoms with Crippen molar-refractivity contribution in [3.8, 4) is 11.5 Å². The van der Waals surface area contributed by atoms with Crippen molar-refractivity contribution in [3.05, 3.63) is 53.9 Å². The SMILES string of the molecule is COc1cccc(CN2C(=O)c3nc4ccccc4n3C[C@@]2(C)C(=O)NC2CCCC2)c1OC. The number of nitrogens with zero attached hydrogens (tertiary/aromatic N) is 3. The van der Waals surface area contributed by atoms with E-state index in [0.29, 0.717) is 23.9 Å². The number of ether oxygens (including phenoxy) is 2. The zero-order chi connectivity index (χ0) is 23.9. The molecule has 178 valence electrons. The normalized spacial score (nSPS) is 20.4. The third-order valence-electron chi connectivity index (χ3n) is 7.15. The molecule has 0 saturated heterocycles. The maximum Gasteiger partial charge on any atom is 0.291 e. The Hall–Kier alpha value is -3.55. The second kappa shape index (κ2) is 8.66. The van der Waals surface area contributed by atoms with Crippen molar-refractivity contribution in [3.63, 3.8) is 0 Å². The number of amides is 2. The minimum absolute atomic E-state index is 0.141. The lowest BCUT2D eigenvalue weighted by molar-refractivity contribution is -0.133. The van der Waals surface area contributed by atoms with Gasteiger partial charge in [0.1, 0.15) is 5.54 Å². The summed E-state index contributed by atoms with van der Waals surface area (Å²) in [6, 6.07) is 13.4. The van der Waals surface area contributed by atoms with E-state index in [1.165, 1.54) is 0 Å². The van der Waals surface area contributed by atoms with Crippen LogP contribution in [0.2, 0.25) is 0 Å². The van der Waals surface area contributed by atoms with Gasteiger partial charge in [0.15, 0.2) is 17.3 Å². The lowest BCUT2D eigenvalue weighted by Crippen LogP contribution is -2.64. The van der Waals surface area contributed by atoms with Gasteiger partial charge in [-0.3, -0.25) is 9.59 Å². The van der Waals surface area contributed by atoms with Crippen LogP contribution < -0.4 is 14.8 Å². The predicted octanol–water partition coefficient (Wildman–Crippen LogP) is 3.53. The van der Waals surface area contributed by atoms with E-state index >= 15 is 0 Å². The van der Waals surface area contributed by atoms with Gasteiger partial charge in [-0.1, -0.05) is 37.1 Å². The van der Waals surface area contributed by atoms with Crippen LogP contribution in [0.3, 0.4) is 0 Å². The Bertz CT molecular complexity index is 1250. The lowest BCUT2D eigenvalue weighted by atomic mass is 9.93. The molecule has 1 fully saturated rings. The van der Waals surface area contributed by atoms with Crippen LogP contribution in [-0.4, -0.2) is 52.1 Å². The van der Waals surface area contributed by atoms with Gasteiger partial charge in [0, 0.05) is 11.6 Å². The van der Waals surface area contributed by atoms with Crippen LogP contribution in [0.1, 0.15) is 48.8 Å². The van der Waals surface area contributed by atoms with Crippen LogP contribution in [0.15, 0.2) is 42.5 Å². The average molecular weight is 463 g/mol. The first kappa shape index (κ1) is 22.3. The Labute approximate surface area is 198 Å². The van der Waals surface area contributed by atoms with Crippen molar-refractivity contribution < 1.29 is 19.1 Å². The van der Waals surface area contributed by atoms with E-state index in [-0.39, 0.29) is 24.4 Å². The number of imidazole rings is 1. The smallest absolute Gasteiger partial charge is 0.291 e. The maximum absolute atomic E-state index is 13.9. The van der Waals surface area contributed by atoms with E-state index < -0.39 is 5.54 Å². The molecule has 1 aromatic heterocycles. The molecule has 2 amide bonds. The van der Waals surface area contributed by atoms with E-state index in [1.807, 2.05) is 54.0 Å². The molecule has 34 heavy (non-hydrogen) atoms. The minimum atomic E-state index is -1.11. The molecule has 5 rings (SSSR count). The molecular formula is C26H30N4O4. The van der Waals surface area contributed by atoms with Gasteiger partial charge in [-0.05, 0) is 38.0 Å². The summed E-state index contributed by atoms with van der Waals surface area (Å²) in [4.78, 5) is 33.9. The second-order valence-electron chi connectivity index (χ2n) is 9.28. The second-order valence-corrected chi connectivity index (χ2v) is 9.28. The molecule has 1 N–H and O–H groups in total. The van der Waals surface area contributed by atoms with Crippen molar-refractivity contribution >= 4 is 22.8 Å². The number of hydrogen-bond donors (Lipinski definition) is 1. The third kappa shape index (κ3) is 3.57. The van der Waals surface area contributed by atoms with E-state index in [4.69, 9.17) is 9.47 Å². The highest BCUT2D eigenvalue weighted by atomic mass is 16.5. The highest BCUT2D eigenvalue weighted by molar-refractivity contribution is 6.01. The molecular weight excluding hydrogens is 432 g/mol. The fourth-order valence-corrected chi connectivity index (χ4v) is 5.24. The van der Waals surface area contributed by atoms with Gasteiger partial charge in [0.2, 0.25) is 5.91 Å². The molecule has 3 aromatic rings. The third-order valence-corrected chi connectivity index (χ3v) is 7.15. The molecule has 8 nitrogen and oxygen atoms in total. The summed E-state index contributed by atoms with van der Waals surface area (Å²) in [6.45, 7) is 2.36. The van der Waals surface area contributed by atoms with E-state index in [1.54, 1.807) is 19.1 Å². The Morgan fingerprint density at radius 1 is 1.12 bits per heavy atom. The number of carbonyl (C=O) groups is 2. The first-order valence-electron chi connectivity index (χ1n) is 11.7. The molecule has 0 unspecified atom stereocenters. The summed E-state index contributed by atoms with van der Waals surface area (Å²) in [5.41, 5.74) is 1.25. The first-order valence-corrected chi connectivity index (χ1v) is 11.7. The summed E-state index contributed by atoms with van der Waals surface area (Å²) in [5, 5.41) is 3.23. The Balaban J connectivity index is 1.59. The molecule has 2 aromatic carbocycles. The highest BCUT2D eigenvalue weighted by Crippen LogP contribution is 2.36. The van der Waals surface area contributed by atoms with Crippen molar-refractivity contribution in [2.24, 2.45) is 0 Å². The summed E-state index contributed by atoms with van der Waals surface area (Å²) >= 11 is 0. The summed E-state index contributed by atoms with van der Waals surface area (Å²) in [7, 11) is 3.15. The van der Waals surface area contributed by atoms with Gasteiger partial charge in [-0.15, -0.1) is 0 Å². The number of benzene rings is 2. The van der Waals surface area contributed by atoms with E-state index in [9.17, 15) is 9.59 Å². The molecule has 0 radical (unpaired) electrons. The van der Waals surface area contributed by atoms with Crippen LogP contribution in [0, 0.1) is 0 Å². The van der Waals surface area contributed by atoms with E-state index in [2.05, 4.69) is 10.3 Å². The molecule has 0 spiro atoms. The number of fused-ring (bicyclic) bond motifs is 3. The fraction of sp³-hybridized carbons (Fsp3) is 0.423. The lowest BCUT2D eigenvalue weighted by Gasteiger charge is -2.44. The van der Waals surface area contributed by atoms with Crippen molar-refractivity contribution in [1.82, 2.24) is 19.8 Å². The largest absolute Gasteiger partial charge is 0.493 e. The Morgan fingerprint density at radius 2 is 1.88 bits per heavy atom. The number of para-hydroxylation sites is 3. The van der Waals surface area contributed by atoms with Gasteiger partial charge in [0.05, 0.1) is 38.3 Å². The molecule has 0 bridgehead atoms. The number of aromatic nitrogens is 2. The molecule has 8 heteroatoms. The van der Waals surface area contributed by atoms with Gasteiger partial charge >= 0.3 is 0 Å². The van der Waals surface area contributed by atoms with Gasteiger partial charge < -0.3 is 24.3 Å². The zero-order valence-corrected chi connectivity index (χ0v) is 19.8. The van der Waals surface area contributed by atoms with Crippen LogP contribution in [0.5, 0.6) is 11.5 Å². The monoisotopic (exact) mass is 462 g/mol. The van der Waals surface area contributed by atoms with Crippen molar-refractivity contribution in [2.45, 2.75) is 57.3 Å². The predicted molar refractivity (Wildman–Crippen MR) is 128 cm³/mol. The molecule has 1 saturated carbocycles. The van der Waals surface area contributed by atoms with Crippen molar-refractivity contribution in [2.75, 3.05) is 14.2 Å². The molecule has 2 aliphatic rings. The number of methoxy groups -OCH3 is 2. The molecule has 1 atom stereocenters. The van der Waals surface area contributed by atoms with Gasteiger partial charge in [-0.25, -0.2) is 4.98 Å². The average Bonchev–Trinajstić information content (AvgIpc) is 3.49. The minimum Gasteiger partial charge on any atom is -0.493 e. The first-order chi connectivity index (χ1) is 16.5. The Kier molecular flexibility index (Phi) is 5.67. The van der Waals surface area contributed by atoms with Crippen LogP contribution in [0.25, 0.3) is 11.0 Å². The molecule has 1 aliphatic heterocycles. The topological polar surface area (TPSA) is 85.7 Å². The van der Waals surface area contributed by atoms with Crippen molar-refractivity contribution in [1.29, 1.82) is 0 Å². The molecule has 1 aliphatic carbocycles. The number of carbonyl (C=O) groups excluding carboxylic acids is 2. The number of nitrogens with one attached hydrogen (secondary N) is 1. The number of rotatable bonds is 6. The standard InChI is InChI=1S/C26H30N4O4/c1-26(25(32)27-18-10-4-5-11-18)16-29-20-13-7-6-12-19(20)28-23(29)24(31)30(26)15-17-9-8-14-21(33-2)22(17)34-3/h6-9,12-14,18H,4-5,10-11,15-16H2,1-3H3,(H,27,32)/t26-/m0/s1. The molecule has 2 heterocycles. The fourth-order valence-electron chi connectivity index (χ4n) is 5.24. The maximum atomic E-state index is 13.9. The summed E-state index contributed by atoms with van der Waals surface area (Å²) in [6.07, 6.45) is 4.17. The van der Waals surface area contributed by atoms with Crippen LogP contribution in [-0.2, 0) is 17.9 Å².